The molecule has 1 saturated carbocycles. The number of hydrogen-bond donors (Lipinski definition) is 2. The lowest BCUT2D eigenvalue weighted by Crippen LogP contribution is -2.50. The number of rotatable bonds is 8. The fourth-order valence-electron chi connectivity index (χ4n) is 3.34. The summed E-state index contributed by atoms with van der Waals surface area (Å²) in [5.74, 6) is 0. The summed E-state index contributed by atoms with van der Waals surface area (Å²) in [7, 11) is 0. The lowest BCUT2D eigenvalue weighted by molar-refractivity contribution is 0.185. The van der Waals surface area contributed by atoms with Gasteiger partial charge in [0.25, 0.3) is 0 Å². The molecule has 0 aromatic heterocycles. The number of aliphatic hydroxyl groups excluding tert-OH is 1. The minimum Gasteiger partial charge on any atom is -0.396 e. The zero-order valence-corrected chi connectivity index (χ0v) is 14.0. The van der Waals surface area contributed by atoms with Gasteiger partial charge in [0.1, 0.15) is 0 Å². The van der Waals surface area contributed by atoms with Crippen LogP contribution in [0.2, 0.25) is 10.0 Å². The highest BCUT2D eigenvalue weighted by Crippen LogP contribution is 2.48. The summed E-state index contributed by atoms with van der Waals surface area (Å²) >= 11 is 12.2. The number of benzene rings is 1. The van der Waals surface area contributed by atoms with Gasteiger partial charge in [0, 0.05) is 18.1 Å². The van der Waals surface area contributed by atoms with E-state index in [1.165, 1.54) is 12.0 Å². The van der Waals surface area contributed by atoms with E-state index in [2.05, 4.69) is 6.07 Å². The Bertz CT molecular complexity index is 460. The Morgan fingerprint density at radius 1 is 1.10 bits per heavy atom. The van der Waals surface area contributed by atoms with Crippen LogP contribution in [0.5, 0.6) is 0 Å². The highest BCUT2D eigenvalue weighted by Gasteiger charge is 2.43. The van der Waals surface area contributed by atoms with E-state index in [0.717, 1.165) is 44.9 Å². The molecule has 3 N–H and O–H groups in total. The molecule has 1 aliphatic rings. The van der Waals surface area contributed by atoms with Gasteiger partial charge in [-0.3, -0.25) is 0 Å². The first-order valence-corrected chi connectivity index (χ1v) is 8.68. The van der Waals surface area contributed by atoms with Crippen LogP contribution < -0.4 is 5.73 Å². The van der Waals surface area contributed by atoms with Crippen LogP contribution in [0.4, 0.5) is 0 Å². The van der Waals surface area contributed by atoms with E-state index in [9.17, 15) is 0 Å². The Morgan fingerprint density at radius 2 is 1.81 bits per heavy atom. The maximum absolute atomic E-state index is 8.80. The normalized spacial score (nSPS) is 18.3. The van der Waals surface area contributed by atoms with E-state index in [1.807, 2.05) is 12.1 Å². The van der Waals surface area contributed by atoms with Crippen LogP contribution in [-0.2, 0) is 5.41 Å². The van der Waals surface area contributed by atoms with Crippen molar-refractivity contribution in [2.75, 3.05) is 6.61 Å². The van der Waals surface area contributed by atoms with Crippen molar-refractivity contribution in [3.8, 4) is 0 Å². The smallest absolute Gasteiger partial charge is 0.0595 e. The summed E-state index contributed by atoms with van der Waals surface area (Å²) in [4.78, 5) is 0. The van der Waals surface area contributed by atoms with Crippen LogP contribution in [0.3, 0.4) is 0 Å². The van der Waals surface area contributed by atoms with E-state index in [4.69, 9.17) is 34.0 Å². The molecule has 4 heteroatoms. The van der Waals surface area contributed by atoms with Gasteiger partial charge in [-0.05, 0) is 43.4 Å². The minimum atomic E-state index is 0.0885. The Morgan fingerprint density at radius 3 is 2.38 bits per heavy atom. The second kappa shape index (κ2) is 7.82. The molecule has 118 valence electrons. The molecule has 0 amide bonds. The van der Waals surface area contributed by atoms with Crippen LogP contribution in [-0.4, -0.2) is 17.8 Å². The second-order valence-corrected chi connectivity index (χ2v) is 6.99. The van der Waals surface area contributed by atoms with Crippen molar-refractivity contribution in [2.24, 2.45) is 5.73 Å². The van der Waals surface area contributed by atoms with E-state index in [0.29, 0.717) is 16.7 Å². The Labute approximate surface area is 137 Å². The maximum Gasteiger partial charge on any atom is 0.0595 e. The molecule has 1 atom stereocenters. The van der Waals surface area contributed by atoms with Crippen molar-refractivity contribution in [1.82, 2.24) is 0 Å². The molecule has 0 bridgehead atoms. The van der Waals surface area contributed by atoms with Gasteiger partial charge < -0.3 is 10.8 Å². The average Bonchev–Trinajstić information content (AvgIpc) is 2.41. The first kappa shape index (κ1) is 17.1. The Kier molecular flexibility index (Phi) is 6.36. The summed E-state index contributed by atoms with van der Waals surface area (Å²) in [6.45, 7) is 0.291. The molecule has 2 rings (SSSR count). The number of halogens is 2. The third-order valence-corrected chi connectivity index (χ3v) is 5.61. The molecule has 0 heterocycles. The molecule has 0 saturated heterocycles. The first-order valence-electron chi connectivity index (χ1n) is 7.92. The van der Waals surface area contributed by atoms with Gasteiger partial charge in [0.05, 0.1) is 10.0 Å². The summed E-state index contributed by atoms with van der Waals surface area (Å²) in [5.41, 5.74) is 7.85. The van der Waals surface area contributed by atoms with Gasteiger partial charge in [-0.2, -0.15) is 0 Å². The zero-order valence-electron chi connectivity index (χ0n) is 12.5. The predicted octanol–water partition coefficient (Wildman–Crippen LogP) is 4.69. The number of aliphatic hydroxyl groups is 1. The lowest BCUT2D eigenvalue weighted by atomic mass is 9.59. The average molecular weight is 330 g/mol. The van der Waals surface area contributed by atoms with E-state index >= 15 is 0 Å². The highest BCUT2D eigenvalue weighted by atomic mass is 35.5. The molecule has 0 radical (unpaired) electrons. The SMILES string of the molecule is NC(CCCCCCO)C1(c2ccc(Cl)c(Cl)c2)CCC1. The maximum atomic E-state index is 8.80. The van der Waals surface area contributed by atoms with Crippen LogP contribution in [0, 0.1) is 0 Å². The van der Waals surface area contributed by atoms with Crippen molar-refractivity contribution < 1.29 is 5.11 Å². The predicted molar refractivity (Wildman–Crippen MR) is 90.1 cm³/mol. The molecule has 0 aliphatic heterocycles. The van der Waals surface area contributed by atoms with E-state index in [-0.39, 0.29) is 11.5 Å². The molecular formula is C17H25Cl2NO. The lowest BCUT2D eigenvalue weighted by Gasteiger charge is -2.47. The van der Waals surface area contributed by atoms with E-state index in [1.54, 1.807) is 0 Å². The van der Waals surface area contributed by atoms with Gasteiger partial charge in [-0.15, -0.1) is 0 Å². The molecule has 0 spiro atoms. The Balaban J connectivity index is 1.98. The molecule has 1 unspecified atom stereocenters. The van der Waals surface area contributed by atoms with Crippen molar-refractivity contribution in [3.63, 3.8) is 0 Å². The summed E-state index contributed by atoms with van der Waals surface area (Å²) < 4.78 is 0. The van der Waals surface area contributed by atoms with Gasteiger partial charge >= 0.3 is 0 Å². The topological polar surface area (TPSA) is 46.2 Å². The third kappa shape index (κ3) is 3.92. The van der Waals surface area contributed by atoms with Crippen LogP contribution >= 0.6 is 23.2 Å². The largest absolute Gasteiger partial charge is 0.396 e. The quantitative estimate of drug-likeness (QED) is 0.680. The fraction of sp³-hybridized carbons (Fsp3) is 0.647. The molecule has 21 heavy (non-hydrogen) atoms. The monoisotopic (exact) mass is 329 g/mol. The van der Waals surface area contributed by atoms with Gasteiger partial charge in [-0.25, -0.2) is 0 Å². The van der Waals surface area contributed by atoms with Crippen LogP contribution in [0.25, 0.3) is 0 Å². The van der Waals surface area contributed by atoms with Gasteiger partial charge in [0.2, 0.25) is 0 Å². The minimum absolute atomic E-state index is 0.0885. The van der Waals surface area contributed by atoms with Crippen LogP contribution in [0.15, 0.2) is 18.2 Å². The molecular weight excluding hydrogens is 305 g/mol. The number of unbranched alkanes of at least 4 members (excludes halogenated alkanes) is 3. The number of nitrogens with two attached hydrogens (primary N) is 1. The van der Waals surface area contributed by atoms with Crippen molar-refractivity contribution >= 4 is 23.2 Å². The zero-order chi connectivity index (χ0) is 15.3. The fourth-order valence-corrected chi connectivity index (χ4v) is 3.64. The molecule has 2 nitrogen and oxygen atoms in total. The van der Waals surface area contributed by atoms with Gasteiger partial charge in [-0.1, -0.05) is 55.0 Å². The molecule has 1 fully saturated rings. The third-order valence-electron chi connectivity index (χ3n) is 4.87. The first-order chi connectivity index (χ1) is 10.1. The van der Waals surface area contributed by atoms with Crippen LogP contribution in [0.1, 0.15) is 56.9 Å². The standard InChI is InChI=1S/C17H25Cl2NO/c18-14-8-7-13(12-15(14)19)17(9-5-10-17)16(20)6-3-1-2-4-11-21/h7-8,12,16,21H,1-6,9-11,20H2. The molecule has 1 aromatic rings. The second-order valence-electron chi connectivity index (χ2n) is 6.17. The van der Waals surface area contributed by atoms with Crippen molar-refractivity contribution in [1.29, 1.82) is 0 Å². The highest BCUT2D eigenvalue weighted by molar-refractivity contribution is 6.42. The number of hydrogen-bond acceptors (Lipinski definition) is 2. The Hall–Kier alpha value is -0.280. The van der Waals surface area contributed by atoms with Crippen molar-refractivity contribution in [3.05, 3.63) is 33.8 Å². The summed E-state index contributed by atoms with van der Waals surface area (Å²) in [6, 6.07) is 6.14. The van der Waals surface area contributed by atoms with Gasteiger partial charge in [0.15, 0.2) is 0 Å². The summed E-state index contributed by atoms with van der Waals surface area (Å²) in [6.07, 6.45) is 8.81. The van der Waals surface area contributed by atoms with Crippen molar-refractivity contribution in [2.45, 2.75) is 62.8 Å². The van der Waals surface area contributed by atoms with E-state index < -0.39 is 0 Å². The molecule has 1 aliphatic carbocycles. The summed E-state index contributed by atoms with van der Waals surface area (Å²) in [5, 5.41) is 10.0. The molecule has 1 aromatic carbocycles.